The van der Waals surface area contributed by atoms with E-state index in [9.17, 15) is 4.79 Å². The first-order valence-corrected chi connectivity index (χ1v) is 7.46. The van der Waals surface area contributed by atoms with Crippen molar-refractivity contribution in [2.75, 3.05) is 16.8 Å². The molecule has 0 unspecified atom stereocenters. The highest BCUT2D eigenvalue weighted by atomic mass is 16.2. The third-order valence-corrected chi connectivity index (χ3v) is 3.90. The normalized spacial score (nSPS) is 15.2. The molecule has 0 aliphatic carbocycles. The van der Waals surface area contributed by atoms with E-state index in [1.54, 1.807) is 0 Å². The minimum atomic E-state index is -0.237. The summed E-state index contributed by atoms with van der Waals surface area (Å²) in [5, 5.41) is 3.28. The van der Waals surface area contributed by atoms with Gasteiger partial charge in [-0.05, 0) is 43.5 Å². The van der Waals surface area contributed by atoms with Gasteiger partial charge < -0.3 is 10.2 Å². The van der Waals surface area contributed by atoms with Crippen molar-refractivity contribution >= 4 is 17.3 Å². The Kier molecular flexibility index (Phi) is 3.91. The first-order valence-electron chi connectivity index (χ1n) is 7.46. The summed E-state index contributed by atoms with van der Waals surface area (Å²) in [6.07, 6.45) is 2.08. The Balaban J connectivity index is 1.77. The van der Waals surface area contributed by atoms with Gasteiger partial charge in [0.25, 0.3) is 0 Å². The highest BCUT2D eigenvalue weighted by Crippen LogP contribution is 2.27. The number of nitrogens with one attached hydrogen (secondary N) is 1. The zero-order valence-electron chi connectivity index (χ0n) is 12.3. The topological polar surface area (TPSA) is 32.3 Å². The maximum Gasteiger partial charge on any atom is 0.249 e. The summed E-state index contributed by atoms with van der Waals surface area (Å²) in [4.78, 5) is 14.6. The number of aryl methyl sites for hydroxylation is 1. The Morgan fingerprint density at radius 1 is 1.10 bits per heavy atom. The predicted molar refractivity (Wildman–Crippen MR) is 86.6 cm³/mol. The van der Waals surface area contributed by atoms with E-state index in [0.29, 0.717) is 0 Å². The fraction of sp³-hybridized carbons (Fsp3) is 0.278. The lowest BCUT2D eigenvalue weighted by atomic mass is 10.0. The molecule has 1 amide bonds. The van der Waals surface area contributed by atoms with Crippen LogP contribution in [0.3, 0.4) is 0 Å². The van der Waals surface area contributed by atoms with Crippen molar-refractivity contribution < 1.29 is 4.79 Å². The van der Waals surface area contributed by atoms with Crippen LogP contribution in [-0.2, 0) is 11.2 Å². The zero-order chi connectivity index (χ0) is 14.7. The van der Waals surface area contributed by atoms with Gasteiger partial charge >= 0.3 is 0 Å². The zero-order valence-corrected chi connectivity index (χ0v) is 12.3. The molecule has 2 aromatic rings. The van der Waals surface area contributed by atoms with Gasteiger partial charge in [0.15, 0.2) is 0 Å². The molecule has 3 heteroatoms. The molecule has 108 valence electrons. The Bertz CT molecular complexity index is 624. The fourth-order valence-electron chi connectivity index (χ4n) is 2.84. The number of carbonyl (C=O) groups is 1. The quantitative estimate of drug-likeness (QED) is 0.933. The number of rotatable bonds is 3. The van der Waals surface area contributed by atoms with Crippen LogP contribution >= 0.6 is 0 Å². The lowest BCUT2D eigenvalue weighted by Crippen LogP contribution is -2.44. The fourth-order valence-corrected chi connectivity index (χ4v) is 2.84. The van der Waals surface area contributed by atoms with Crippen molar-refractivity contribution in [3.63, 3.8) is 0 Å². The van der Waals surface area contributed by atoms with Crippen molar-refractivity contribution in [2.45, 2.75) is 25.8 Å². The van der Waals surface area contributed by atoms with Crippen LogP contribution in [0.2, 0.25) is 0 Å². The molecule has 0 radical (unpaired) electrons. The molecule has 1 aliphatic rings. The van der Waals surface area contributed by atoms with E-state index in [0.717, 1.165) is 30.8 Å². The van der Waals surface area contributed by atoms with Crippen LogP contribution in [0.15, 0.2) is 54.6 Å². The van der Waals surface area contributed by atoms with Crippen LogP contribution in [0, 0.1) is 0 Å². The van der Waals surface area contributed by atoms with Crippen LogP contribution in [0.1, 0.15) is 18.9 Å². The molecule has 3 rings (SSSR count). The molecule has 0 bridgehead atoms. The second-order valence-corrected chi connectivity index (χ2v) is 5.45. The van der Waals surface area contributed by atoms with E-state index < -0.39 is 0 Å². The lowest BCUT2D eigenvalue weighted by molar-refractivity contribution is -0.119. The molecule has 2 aromatic carbocycles. The Hall–Kier alpha value is -2.29. The van der Waals surface area contributed by atoms with Gasteiger partial charge in [0, 0.05) is 17.9 Å². The SMILES string of the molecule is C[C@@H](Nc1ccccc1)C(=O)N1CCCc2ccccc21. The minimum Gasteiger partial charge on any atom is -0.374 e. The third-order valence-electron chi connectivity index (χ3n) is 3.90. The standard InChI is InChI=1S/C18H20N2O/c1-14(19-16-10-3-2-4-11-16)18(21)20-13-7-9-15-8-5-6-12-17(15)20/h2-6,8,10-12,14,19H,7,9,13H2,1H3/t14-/m1/s1. The van der Waals surface area contributed by atoms with Gasteiger partial charge in [-0.15, -0.1) is 0 Å². The van der Waals surface area contributed by atoms with Crippen LogP contribution in [0.5, 0.6) is 0 Å². The van der Waals surface area contributed by atoms with E-state index in [1.807, 2.05) is 60.4 Å². The Morgan fingerprint density at radius 2 is 1.81 bits per heavy atom. The van der Waals surface area contributed by atoms with Gasteiger partial charge in [0.2, 0.25) is 5.91 Å². The lowest BCUT2D eigenvalue weighted by Gasteiger charge is -2.31. The number of benzene rings is 2. The number of hydrogen-bond acceptors (Lipinski definition) is 2. The van der Waals surface area contributed by atoms with E-state index in [4.69, 9.17) is 0 Å². The smallest absolute Gasteiger partial charge is 0.249 e. The Morgan fingerprint density at radius 3 is 2.62 bits per heavy atom. The molecule has 0 saturated heterocycles. The van der Waals surface area contributed by atoms with Crippen molar-refractivity contribution in [1.82, 2.24) is 0 Å². The molecule has 0 aromatic heterocycles. The molecule has 0 spiro atoms. The maximum absolute atomic E-state index is 12.7. The van der Waals surface area contributed by atoms with Crippen LogP contribution in [0.4, 0.5) is 11.4 Å². The number of hydrogen-bond donors (Lipinski definition) is 1. The van der Waals surface area contributed by atoms with E-state index in [1.165, 1.54) is 5.56 Å². The Labute approximate surface area is 125 Å². The molecule has 1 atom stereocenters. The predicted octanol–water partition coefficient (Wildman–Crippen LogP) is 3.47. The van der Waals surface area contributed by atoms with Gasteiger partial charge in [-0.2, -0.15) is 0 Å². The number of carbonyl (C=O) groups excluding carboxylic acids is 1. The molecule has 3 nitrogen and oxygen atoms in total. The molecule has 1 aliphatic heterocycles. The highest BCUT2D eigenvalue weighted by molar-refractivity contribution is 5.99. The van der Waals surface area contributed by atoms with Crippen LogP contribution < -0.4 is 10.2 Å². The van der Waals surface area contributed by atoms with Crippen LogP contribution in [-0.4, -0.2) is 18.5 Å². The third kappa shape index (κ3) is 2.92. The monoisotopic (exact) mass is 280 g/mol. The first-order chi connectivity index (χ1) is 10.3. The summed E-state index contributed by atoms with van der Waals surface area (Å²) in [5.74, 6) is 0.131. The van der Waals surface area contributed by atoms with Gasteiger partial charge in [-0.3, -0.25) is 4.79 Å². The van der Waals surface area contributed by atoms with Gasteiger partial charge in [-0.25, -0.2) is 0 Å². The molecule has 1 N–H and O–H groups in total. The first kappa shape index (κ1) is 13.7. The molecular weight excluding hydrogens is 260 g/mol. The van der Waals surface area contributed by atoms with Crippen molar-refractivity contribution in [3.05, 3.63) is 60.2 Å². The largest absolute Gasteiger partial charge is 0.374 e. The summed E-state index contributed by atoms with van der Waals surface area (Å²) in [6, 6.07) is 17.8. The second kappa shape index (κ2) is 6.00. The molecular formula is C18H20N2O. The summed E-state index contributed by atoms with van der Waals surface area (Å²) in [6.45, 7) is 2.73. The van der Waals surface area contributed by atoms with E-state index in [-0.39, 0.29) is 11.9 Å². The molecule has 0 fully saturated rings. The minimum absolute atomic E-state index is 0.131. The number of para-hydroxylation sites is 2. The van der Waals surface area contributed by atoms with Crippen molar-refractivity contribution in [3.8, 4) is 0 Å². The summed E-state index contributed by atoms with van der Waals surface area (Å²) >= 11 is 0. The van der Waals surface area contributed by atoms with E-state index >= 15 is 0 Å². The van der Waals surface area contributed by atoms with Gasteiger partial charge in [0.1, 0.15) is 6.04 Å². The number of anilines is 2. The van der Waals surface area contributed by atoms with Gasteiger partial charge in [0.05, 0.1) is 0 Å². The van der Waals surface area contributed by atoms with Crippen LogP contribution in [0.25, 0.3) is 0 Å². The second-order valence-electron chi connectivity index (χ2n) is 5.45. The summed E-state index contributed by atoms with van der Waals surface area (Å²) in [5.41, 5.74) is 3.31. The molecule has 0 saturated carbocycles. The summed E-state index contributed by atoms with van der Waals surface area (Å²) < 4.78 is 0. The highest BCUT2D eigenvalue weighted by Gasteiger charge is 2.25. The average molecular weight is 280 g/mol. The van der Waals surface area contributed by atoms with Crippen molar-refractivity contribution in [2.24, 2.45) is 0 Å². The molecule has 1 heterocycles. The molecule has 21 heavy (non-hydrogen) atoms. The van der Waals surface area contributed by atoms with Gasteiger partial charge in [-0.1, -0.05) is 36.4 Å². The summed E-state index contributed by atoms with van der Waals surface area (Å²) in [7, 11) is 0. The number of fused-ring (bicyclic) bond motifs is 1. The average Bonchev–Trinajstić information content (AvgIpc) is 2.54. The number of amides is 1. The maximum atomic E-state index is 12.7. The number of nitrogens with zero attached hydrogens (tertiary/aromatic N) is 1. The van der Waals surface area contributed by atoms with Crippen molar-refractivity contribution in [1.29, 1.82) is 0 Å². The van der Waals surface area contributed by atoms with E-state index in [2.05, 4.69) is 11.4 Å².